The van der Waals surface area contributed by atoms with Gasteiger partial charge in [0, 0.05) is 13.1 Å². The highest BCUT2D eigenvalue weighted by molar-refractivity contribution is 7.92. The lowest BCUT2D eigenvalue weighted by Gasteiger charge is -2.32. The van der Waals surface area contributed by atoms with Gasteiger partial charge in [0.2, 0.25) is 15.9 Å². The van der Waals surface area contributed by atoms with Crippen molar-refractivity contribution in [1.29, 1.82) is 0 Å². The Morgan fingerprint density at radius 3 is 2.35 bits per heavy atom. The zero-order valence-corrected chi connectivity index (χ0v) is 16.0. The van der Waals surface area contributed by atoms with Crippen molar-refractivity contribution in [2.75, 3.05) is 44.4 Å². The van der Waals surface area contributed by atoms with Crippen molar-refractivity contribution in [3.05, 3.63) is 24.3 Å². The van der Waals surface area contributed by atoms with Gasteiger partial charge in [-0.3, -0.25) is 13.9 Å². The molecule has 2 rings (SSSR count). The lowest BCUT2D eigenvalue weighted by molar-refractivity contribution is -0.148. The number of piperidine rings is 1. The van der Waals surface area contributed by atoms with Crippen molar-refractivity contribution >= 4 is 27.6 Å². The fourth-order valence-corrected chi connectivity index (χ4v) is 3.82. The van der Waals surface area contributed by atoms with Gasteiger partial charge < -0.3 is 14.4 Å². The molecule has 1 saturated heterocycles. The third kappa shape index (κ3) is 4.66. The number of esters is 1. The van der Waals surface area contributed by atoms with Crippen molar-refractivity contribution in [3.63, 3.8) is 0 Å². The molecule has 0 radical (unpaired) electrons. The summed E-state index contributed by atoms with van der Waals surface area (Å²) in [6.45, 7) is 0.465. The van der Waals surface area contributed by atoms with Crippen LogP contribution in [0.25, 0.3) is 0 Å². The van der Waals surface area contributed by atoms with Gasteiger partial charge in [-0.15, -0.1) is 0 Å². The molecule has 0 N–H and O–H groups in total. The zero-order chi connectivity index (χ0) is 19.3. The lowest BCUT2D eigenvalue weighted by atomic mass is 9.97. The molecule has 0 atom stereocenters. The maximum absolute atomic E-state index is 12.6. The van der Waals surface area contributed by atoms with Crippen LogP contribution in [0.15, 0.2) is 24.3 Å². The average Bonchev–Trinajstić information content (AvgIpc) is 2.64. The molecule has 1 aliphatic heterocycles. The van der Waals surface area contributed by atoms with E-state index in [0.29, 0.717) is 37.4 Å². The van der Waals surface area contributed by atoms with E-state index < -0.39 is 10.0 Å². The second kappa shape index (κ2) is 8.39. The van der Waals surface area contributed by atoms with Gasteiger partial charge in [0.05, 0.1) is 32.1 Å². The Kier molecular flexibility index (Phi) is 6.47. The Hall–Kier alpha value is -2.29. The maximum atomic E-state index is 12.6. The fraction of sp³-hybridized carbons (Fsp3) is 0.529. The summed E-state index contributed by atoms with van der Waals surface area (Å²) in [5, 5.41) is 0. The van der Waals surface area contributed by atoms with E-state index in [0.717, 1.165) is 10.6 Å². The molecule has 0 saturated carbocycles. The average molecular weight is 384 g/mol. The molecule has 0 aliphatic carbocycles. The number of benzene rings is 1. The number of likely N-dealkylation sites (tertiary alicyclic amines) is 1. The highest BCUT2D eigenvalue weighted by atomic mass is 32.2. The number of methoxy groups -OCH3 is 2. The highest BCUT2D eigenvalue weighted by Gasteiger charge is 2.30. The van der Waals surface area contributed by atoms with Gasteiger partial charge in [-0.2, -0.15) is 0 Å². The number of hydrogen-bond acceptors (Lipinski definition) is 6. The number of sulfonamides is 1. The molecule has 1 fully saturated rings. The molecule has 9 heteroatoms. The monoisotopic (exact) mass is 384 g/mol. The summed E-state index contributed by atoms with van der Waals surface area (Å²) in [6.07, 6.45) is 2.06. The van der Waals surface area contributed by atoms with Crippen LogP contribution in [0, 0.1) is 5.92 Å². The lowest BCUT2D eigenvalue weighted by Crippen LogP contribution is -2.46. The van der Waals surface area contributed by atoms with E-state index in [4.69, 9.17) is 9.47 Å². The summed E-state index contributed by atoms with van der Waals surface area (Å²) >= 11 is 0. The summed E-state index contributed by atoms with van der Waals surface area (Å²) in [7, 11) is -0.893. The molecule has 1 aliphatic rings. The van der Waals surface area contributed by atoms with Crippen LogP contribution in [0.1, 0.15) is 12.8 Å². The first-order chi connectivity index (χ1) is 12.3. The van der Waals surface area contributed by atoms with Crippen molar-refractivity contribution in [2.24, 2.45) is 5.92 Å². The number of hydrogen-bond donors (Lipinski definition) is 0. The predicted octanol–water partition coefficient (Wildman–Crippen LogP) is 0.873. The Labute approximate surface area is 153 Å². The van der Waals surface area contributed by atoms with E-state index in [1.807, 2.05) is 0 Å². The smallest absolute Gasteiger partial charge is 0.308 e. The van der Waals surface area contributed by atoms with E-state index in [9.17, 15) is 18.0 Å². The predicted molar refractivity (Wildman–Crippen MR) is 96.5 cm³/mol. The molecule has 1 amide bonds. The van der Waals surface area contributed by atoms with Crippen LogP contribution < -0.4 is 9.04 Å². The first kappa shape index (κ1) is 20.0. The summed E-state index contributed by atoms with van der Waals surface area (Å²) in [4.78, 5) is 25.8. The molecule has 1 heterocycles. The minimum absolute atomic E-state index is 0.218. The molecule has 0 unspecified atom stereocenters. The maximum Gasteiger partial charge on any atom is 0.308 e. The van der Waals surface area contributed by atoms with Crippen LogP contribution in [0.5, 0.6) is 5.75 Å². The number of carbonyl (C=O) groups excluding carboxylic acids is 2. The van der Waals surface area contributed by atoms with Gasteiger partial charge in [0.15, 0.2) is 0 Å². The number of nitrogens with zero attached hydrogens (tertiary/aromatic N) is 2. The SMILES string of the molecule is COC(=O)C1CCN(C(=O)CN(c2ccccc2OC)S(C)(=O)=O)CC1. The van der Waals surface area contributed by atoms with Crippen LogP contribution in [0.2, 0.25) is 0 Å². The molecule has 0 bridgehead atoms. The van der Waals surface area contributed by atoms with Gasteiger partial charge in [-0.25, -0.2) is 8.42 Å². The Balaban J connectivity index is 2.13. The van der Waals surface area contributed by atoms with Crippen LogP contribution >= 0.6 is 0 Å². The molecule has 26 heavy (non-hydrogen) atoms. The van der Waals surface area contributed by atoms with Gasteiger partial charge >= 0.3 is 5.97 Å². The third-order valence-corrected chi connectivity index (χ3v) is 5.54. The van der Waals surface area contributed by atoms with E-state index in [1.54, 1.807) is 29.2 Å². The van der Waals surface area contributed by atoms with Crippen molar-refractivity contribution in [1.82, 2.24) is 4.90 Å². The number of anilines is 1. The van der Waals surface area contributed by atoms with E-state index in [2.05, 4.69) is 0 Å². The highest BCUT2D eigenvalue weighted by Crippen LogP contribution is 2.29. The quantitative estimate of drug-likeness (QED) is 0.676. The Morgan fingerprint density at radius 2 is 1.81 bits per heavy atom. The molecular formula is C17H24N2O6S. The number of ether oxygens (including phenoxy) is 2. The number of amides is 1. The van der Waals surface area contributed by atoms with E-state index >= 15 is 0 Å². The summed E-state index contributed by atoms with van der Waals surface area (Å²) in [5.41, 5.74) is 0.315. The van der Waals surface area contributed by atoms with Crippen LogP contribution in [0.3, 0.4) is 0 Å². The first-order valence-electron chi connectivity index (χ1n) is 8.24. The van der Waals surface area contributed by atoms with Gasteiger partial charge in [0.25, 0.3) is 0 Å². The van der Waals surface area contributed by atoms with E-state index in [1.165, 1.54) is 14.2 Å². The minimum Gasteiger partial charge on any atom is -0.495 e. The largest absolute Gasteiger partial charge is 0.495 e. The molecule has 0 spiro atoms. The number of rotatable bonds is 6. The fourth-order valence-electron chi connectivity index (χ4n) is 2.97. The van der Waals surface area contributed by atoms with Crippen LogP contribution in [-0.4, -0.2) is 65.3 Å². The summed E-state index contributed by atoms with van der Waals surface area (Å²) < 4.78 is 35.5. The Bertz CT molecular complexity index is 756. The van der Waals surface area contributed by atoms with Gasteiger partial charge in [-0.1, -0.05) is 12.1 Å². The molecular weight excluding hydrogens is 360 g/mol. The molecule has 144 valence electrons. The molecule has 8 nitrogen and oxygen atoms in total. The molecule has 0 aromatic heterocycles. The first-order valence-corrected chi connectivity index (χ1v) is 10.1. The van der Waals surface area contributed by atoms with Crippen LogP contribution in [-0.2, 0) is 24.3 Å². The number of para-hydroxylation sites is 2. The summed E-state index contributed by atoms with van der Waals surface area (Å²) in [6, 6.07) is 6.64. The van der Waals surface area contributed by atoms with Gasteiger partial charge in [-0.05, 0) is 25.0 Å². The Morgan fingerprint density at radius 1 is 1.19 bits per heavy atom. The zero-order valence-electron chi connectivity index (χ0n) is 15.2. The van der Waals surface area contributed by atoms with Crippen molar-refractivity contribution in [2.45, 2.75) is 12.8 Å². The second-order valence-corrected chi connectivity index (χ2v) is 8.03. The third-order valence-electron chi connectivity index (χ3n) is 4.42. The van der Waals surface area contributed by atoms with Gasteiger partial charge in [0.1, 0.15) is 12.3 Å². The standard InChI is InChI=1S/C17H24N2O6S/c1-24-15-7-5-4-6-14(15)19(26(3,22)23)12-16(20)18-10-8-13(9-11-18)17(21)25-2/h4-7,13H,8-12H2,1-3H3. The van der Waals surface area contributed by atoms with E-state index in [-0.39, 0.29) is 24.3 Å². The minimum atomic E-state index is -3.68. The van der Waals surface area contributed by atoms with Crippen LogP contribution in [0.4, 0.5) is 5.69 Å². The molecule has 1 aromatic carbocycles. The van der Waals surface area contributed by atoms with Crippen molar-refractivity contribution in [3.8, 4) is 5.75 Å². The number of carbonyl (C=O) groups is 2. The molecule has 1 aromatic rings. The topological polar surface area (TPSA) is 93.2 Å². The second-order valence-electron chi connectivity index (χ2n) is 6.12. The van der Waals surface area contributed by atoms with Crippen molar-refractivity contribution < 1.29 is 27.5 Å². The summed E-state index contributed by atoms with van der Waals surface area (Å²) in [5.74, 6) is -0.437. The normalized spacial score (nSPS) is 15.4.